The topological polar surface area (TPSA) is 95.3 Å². The van der Waals surface area contributed by atoms with Gasteiger partial charge < -0.3 is 15.0 Å². The fraction of sp³-hybridized carbons (Fsp3) is 0.567. The Morgan fingerprint density at radius 1 is 1.03 bits per heavy atom. The molecule has 38 heavy (non-hydrogen) atoms. The molecule has 3 N–H and O–H groups in total. The van der Waals surface area contributed by atoms with Crippen LogP contribution in [0.5, 0.6) is 0 Å². The first kappa shape index (κ1) is 26.6. The lowest BCUT2D eigenvalue weighted by Gasteiger charge is -2.34. The first-order chi connectivity index (χ1) is 18.4. The molecule has 5 rings (SSSR count). The average molecular weight is 519 g/mol. The van der Waals surface area contributed by atoms with Crippen LogP contribution in [0.4, 0.5) is 5.69 Å². The molecule has 3 heterocycles. The number of benzene rings is 1. The molecule has 1 aliphatic heterocycles. The Balaban J connectivity index is 1.13. The van der Waals surface area contributed by atoms with E-state index in [1.165, 1.54) is 11.1 Å². The van der Waals surface area contributed by atoms with Crippen LogP contribution in [-0.2, 0) is 17.8 Å². The van der Waals surface area contributed by atoms with Crippen LogP contribution in [0, 0.1) is 25.7 Å². The Morgan fingerprint density at radius 3 is 2.39 bits per heavy atom. The van der Waals surface area contributed by atoms with E-state index in [9.17, 15) is 9.90 Å². The Kier molecular flexibility index (Phi) is 8.29. The molecule has 0 unspecified atom stereocenters. The van der Waals surface area contributed by atoms with Gasteiger partial charge in [0.2, 0.25) is 5.91 Å². The van der Waals surface area contributed by atoms with E-state index in [0.717, 1.165) is 92.9 Å². The third-order valence-electron chi connectivity index (χ3n) is 8.32. The van der Waals surface area contributed by atoms with E-state index in [-0.39, 0.29) is 18.4 Å². The van der Waals surface area contributed by atoms with Gasteiger partial charge in [0.15, 0.2) is 5.65 Å². The molecular formula is C30H42N6O2. The van der Waals surface area contributed by atoms with E-state index in [0.29, 0.717) is 12.0 Å². The highest BCUT2D eigenvalue weighted by atomic mass is 16.3. The minimum atomic E-state index is 0.0876. The summed E-state index contributed by atoms with van der Waals surface area (Å²) in [6.45, 7) is 8.96. The number of carbonyl (C=O) groups is 1. The number of nitrogens with one attached hydrogen (secondary N) is 2. The van der Waals surface area contributed by atoms with Gasteiger partial charge in [-0.05, 0) is 87.6 Å². The van der Waals surface area contributed by atoms with Gasteiger partial charge >= 0.3 is 0 Å². The van der Waals surface area contributed by atoms with Crippen molar-refractivity contribution in [3.8, 4) is 0 Å². The maximum Gasteiger partial charge on any atom is 0.237 e. The number of imidazole rings is 1. The molecule has 1 aliphatic carbocycles. The number of hydrogen-bond acceptors (Lipinski definition) is 6. The van der Waals surface area contributed by atoms with Crippen LogP contribution >= 0.6 is 0 Å². The molecule has 8 nitrogen and oxygen atoms in total. The summed E-state index contributed by atoms with van der Waals surface area (Å²) < 4.78 is 2.25. The van der Waals surface area contributed by atoms with E-state index in [4.69, 9.17) is 9.97 Å². The summed E-state index contributed by atoms with van der Waals surface area (Å²) in [6.07, 6.45) is 6.58. The van der Waals surface area contributed by atoms with Crippen molar-refractivity contribution >= 4 is 22.8 Å². The smallest absolute Gasteiger partial charge is 0.237 e. The van der Waals surface area contributed by atoms with Crippen molar-refractivity contribution in [2.24, 2.45) is 11.8 Å². The second-order valence-electron chi connectivity index (χ2n) is 11.2. The number of hydrazine groups is 1. The molecule has 3 aromatic rings. The van der Waals surface area contributed by atoms with Gasteiger partial charge in [-0.15, -0.1) is 0 Å². The van der Waals surface area contributed by atoms with E-state index in [1.807, 2.05) is 11.9 Å². The highest BCUT2D eigenvalue weighted by Gasteiger charge is 2.28. The quantitative estimate of drug-likeness (QED) is 0.410. The highest BCUT2D eigenvalue weighted by Crippen LogP contribution is 2.28. The summed E-state index contributed by atoms with van der Waals surface area (Å²) in [4.78, 5) is 22.5. The lowest BCUT2D eigenvalue weighted by Crippen LogP contribution is -2.49. The van der Waals surface area contributed by atoms with Gasteiger partial charge in [-0.25, -0.2) is 15.0 Å². The summed E-state index contributed by atoms with van der Waals surface area (Å²) >= 11 is 0. The van der Waals surface area contributed by atoms with Crippen LogP contribution < -0.4 is 10.7 Å². The second kappa shape index (κ2) is 11.8. The lowest BCUT2D eigenvalue weighted by atomic mass is 9.85. The van der Waals surface area contributed by atoms with Crippen molar-refractivity contribution in [3.63, 3.8) is 0 Å². The summed E-state index contributed by atoms with van der Waals surface area (Å²) in [5.74, 6) is 1.70. The fourth-order valence-corrected chi connectivity index (χ4v) is 5.98. The number of anilines is 1. The molecule has 2 aromatic heterocycles. The van der Waals surface area contributed by atoms with Crippen molar-refractivity contribution in [1.82, 2.24) is 25.0 Å². The zero-order chi connectivity index (χ0) is 26.6. The molecule has 0 bridgehead atoms. The molecule has 8 heteroatoms. The molecular weight excluding hydrogens is 476 g/mol. The summed E-state index contributed by atoms with van der Waals surface area (Å²) in [5.41, 5.74) is 9.66. The van der Waals surface area contributed by atoms with Crippen LogP contribution in [0.15, 0.2) is 30.3 Å². The lowest BCUT2D eigenvalue weighted by molar-refractivity contribution is -0.131. The Labute approximate surface area is 225 Å². The molecule has 2 fully saturated rings. The van der Waals surface area contributed by atoms with Crippen molar-refractivity contribution < 1.29 is 9.90 Å². The molecule has 2 aliphatic rings. The van der Waals surface area contributed by atoms with Crippen LogP contribution in [0.1, 0.15) is 68.1 Å². The summed E-state index contributed by atoms with van der Waals surface area (Å²) in [6, 6.07) is 11.2. The van der Waals surface area contributed by atoms with E-state index in [2.05, 4.69) is 59.5 Å². The molecule has 1 amide bonds. The minimum Gasteiger partial charge on any atom is -0.396 e. The summed E-state index contributed by atoms with van der Waals surface area (Å²) in [7, 11) is 0. The first-order valence-electron chi connectivity index (χ1n) is 14.3. The van der Waals surface area contributed by atoms with E-state index >= 15 is 0 Å². The number of carbonyl (C=O) groups excluding carboxylic acids is 1. The predicted molar refractivity (Wildman–Crippen MR) is 151 cm³/mol. The van der Waals surface area contributed by atoms with Crippen molar-refractivity contribution in [1.29, 1.82) is 0 Å². The number of aliphatic hydroxyl groups excluding tert-OH is 1. The van der Waals surface area contributed by atoms with Crippen LogP contribution in [-0.4, -0.2) is 56.3 Å². The zero-order valence-corrected chi connectivity index (χ0v) is 23.0. The first-order valence-corrected chi connectivity index (χ1v) is 14.3. The third-order valence-corrected chi connectivity index (χ3v) is 8.32. The molecule has 1 aromatic carbocycles. The van der Waals surface area contributed by atoms with E-state index < -0.39 is 0 Å². The molecule has 1 saturated carbocycles. The Hall–Kier alpha value is -2.97. The molecule has 1 saturated heterocycles. The van der Waals surface area contributed by atoms with Crippen LogP contribution in [0.2, 0.25) is 0 Å². The Bertz CT molecular complexity index is 1240. The molecule has 0 spiro atoms. The van der Waals surface area contributed by atoms with Crippen LogP contribution in [0.3, 0.4) is 0 Å². The normalized spacial score (nSPS) is 21.1. The number of amides is 1. The van der Waals surface area contributed by atoms with E-state index in [1.54, 1.807) is 0 Å². The van der Waals surface area contributed by atoms with Gasteiger partial charge in [0.1, 0.15) is 11.3 Å². The standard InChI is InChI=1S/C30H42N6O2/c1-4-27-33-28-20(2)17-21(3)31-29(28)36(27)18-22-5-9-25(10-6-22)32-26-11-7-24(8-12-26)30(38)34-35-15-13-23(19-37)14-16-35/h5-6,9-10,17,23-24,26,32,37H,4,7-8,11-16,18-19H2,1-3H3,(H,34,38). The number of fused-ring (bicyclic) bond motifs is 1. The number of aromatic nitrogens is 3. The second-order valence-corrected chi connectivity index (χ2v) is 11.2. The average Bonchev–Trinajstić information content (AvgIpc) is 3.28. The summed E-state index contributed by atoms with van der Waals surface area (Å²) in [5, 5.41) is 15.0. The van der Waals surface area contributed by atoms with Crippen molar-refractivity contribution in [2.75, 3.05) is 25.0 Å². The fourth-order valence-electron chi connectivity index (χ4n) is 5.98. The number of hydrogen-bond donors (Lipinski definition) is 3. The van der Waals surface area contributed by atoms with Gasteiger partial charge in [-0.1, -0.05) is 19.1 Å². The zero-order valence-electron chi connectivity index (χ0n) is 23.0. The monoisotopic (exact) mass is 518 g/mol. The largest absolute Gasteiger partial charge is 0.396 e. The number of piperidine rings is 1. The predicted octanol–water partition coefficient (Wildman–Crippen LogP) is 4.37. The van der Waals surface area contributed by atoms with Crippen molar-refractivity contribution in [2.45, 2.75) is 78.3 Å². The highest BCUT2D eigenvalue weighted by molar-refractivity contribution is 5.78. The third kappa shape index (κ3) is 6.02. The number of pyridine rings is 1. The van der Waals surface area contributed by atoms with Crippen LogP contribution in [0.25, 0.3) is 11.2 Å². The number of aryl methyl sites for hydroxylation is 3. The number of nitrogens with zero attached hydrogens (tertiary/aromatic N) is 4. The maximum absolute atomic E-state index is 12.8. The van der Waals surface area contributed by atoms with Gasteiger partial charge in [-0.3, -0.25) is 10.2 Å². The maximum atomic E-state index is 12.8. The Morgan fingerprint density at radius 2 is 1.74 bits per heavy atom. The van der Waals surface area contributed by atoms with Crippen molar-refractivity contribution in [3.05, 3.63) is 53.0 Å². The number of aliphatic hydroxyl groups is 1. The van der Waals surface area contributed by atoms with Gasteiger partial charge in [-0.2, -0.15) is 0 Å². The SMILES string of the molecule is CCc1nc2c(C)cc(C)nc2n1Cc1ccc(NC2CCC(C(=O)NN3CCC(CO)CC3)CC2)cc1. The van der Waals surface area contributed by atoms with Gasteiger partial charge in [0.05, 0.1) is 6.54 Å². The molecule has 0 radical (unpaired) electrons. The molecule has 204 valence electrons. The number of rotatable bonds is 8. The minimum absolute atomic E-state index is 0.0876. The molecule has 0 atom stereocenters. The van der Waals surface area contributed by atoms with Gasteiger partial charge in [0, 0.05) is 49.5 Å². The van der Waals surface area contributed by atoms with Gasteiger partial charge in [0.25, 0.3) is 0 Å².